The maximum atomic E-state index is 12.5. The number of hydrogen-bond acceptors (Lipinski definition) is 1. The van der Waals surface area contributed by atoms with Crippen molar-refractivity contribution in [1.29, 1.82) is 0 Å². The summed E-state index contributed by atoms with van der Waals surface area (Å²) in [6, 6.07) is 0. The molecule has 0 aliphatic heterocycles. The third-order valence-electron chi connectivity index (χ3n) is 3.83. The topological polar surface area (TPSA) is 37.3 Å². The van der Waals surface area contributed by atoms with Crippen molar-refractivity contribution in [2.24, 2.45) is 17.3 Å². The molecular weight excluding hydrogens is 209 g/mol. The lowest BCUT2D eigenvalue weighted by Gasteiger charge is -2.31. The van der Waals surface area contributed by atoms with Crippen molar-refractivity contribution in [2.45, 2.75) is 38.3 Å². The van der Waals surface area contributed by atoms with E-state index in [4.69, 9.17) is 5.11 Å². The Morgan fingerprint density at radius 2 is 2.00 bits per heavy atom. The summed E-state index contributed by atoms with van der Waals surface area (Å²) in [6.07, 6.45) is -2.37. The summed E-state index contributed by atoms with van der Waals surface area (Å²) in [5.74, 6) is -2.74. The SMILES string of the molecule is O=C(O)C1CC12CCCC(C(F)(F)F)C2. The first-order valence-corrected chi connectivity index (χ1v) is 5.15. The highest BCUT2D eigenvalue weighted by Gasteiger charge is 2.62. The van der Waals surface area contributed by atoms with Gasteiger partial charge in [-0.05, 0) is 31.1 Å². The lowest BCUT2D eigenvalue weighted by atomic mass is 9.77. The molecule has 0 radical (unpaired) electrons. The van der Waals surface area contributed by atoms with E-state index in [1.165, 1.54) is 0 Å². The van der Waals surface area contributed by atoms with Gasteiger partial charge in [-0.15, -0.1) is 0 Å². The Morgan fingerprint density at radius 3 is 2.47 bits per heavy atom. The van der Waals surface area contributed by atoms with E-state index in [-0.39, 0.29) is 12.8 Å². The minimum atomic E-state index is -4.15. The molecule has 0 aromatic heterocycles. The van der Waals surface area contributed by atoms with Gasteiger partial charge < -0.3 is 5.11 Å². The highest BCUT2D eigenvalue weighted by molar-refractivity contribution is 5.74. The Morgan fingerprint density at radius 1 is 1.33 bits per heavy atom. The first-order valence-electron chi connectivity index (χ1n) is 5.15. The molecule has 2 nitrogen and oxygen atoms in total. The molecule has 1 spiro atoms. The number of carbonyl (C=O) groups is 1. The smallest absolute Gasteiger partial charge is 0.391 e. The lowest BCUT2D eigenvalue weighted by molar-refractivity contribution is -0.188. The molecule has 0 saturated heterocycles. The van der Waals surface area contributed by atoms with Crippen LogP contribution < -0.4 is 0 Å². The predicted molar refractivity (Wildman–Crippen MR) is 46.2 cm³/mol. The summed E-state index contributed by atoms with van der Waals surface area (Å²) in [5.41, 5.74) is -0.524. The normalized spacial score (nSPS) is 40.5. The number of rotatable bonds is 1. The molecule has 2 saturated carbocycles. The molecule has 5 heteroatoms. The van der Waals surface area contributed by atoms with Crippen molar-refractivity contribution in [3.05, 3.63) is 0 Å². The van der Waals surface area contributed by atoms with E-state index in [1.807, 2.05) is 0 Å². The first kappa shape index (κ1) is 10.8. The fourth-order valence-corrected chi connectivity index (χ4v) is 2.87. The third kappa shape index (κ3) is 1.84. The van der Waals surface area contributed by atoms with E-state index in [0.717, 1.165) is 0 Å². The molecule has 0 bridgehead atoms. The largest absolute Gasteiger partial charge is 0.481 e. The van der Waals surface area contributed by atoms with E-state index in [0.29, 0.717) is 19.3 Å². The average molecular weight is 222 g/mol. The summed E-state index contributed by atoms with van der Waals surface area (Å²) >= 11 is 0. The molecule has 2 rings (SSSR count). The molecule has 1 N–H and O–H groups in total. The summed E-state index contributed by atoms with van der Waals surface area (Å²) < 4.78 is 37.5. The Bertz CT molecular complexity index is 287. The van der Waals surface area contributed by atoms with Gasteiger partial charge in [0.15, 0.2) is 0 Å². The molecule has 0 heterocycles. The standard InChI is InChI=1S/C10H13F3O2/c11-10(12,13)6-2-1-3-9(4-6)5-7(9)8(14)15/h6-7H,1-5H2,(H,14,15). The second kappa shape index (κ2) is 3.12. The van der Waals surface area contributed by atoms with Crippen LogP contribution in [0.2, 0.25) is 0 Å². The van der Waals surface area contributed by atoms with Gasteiger partial charge in [-0.1, -0.05) is 6.42 Å². The summed E-state index contributed by atoms with van der Waals surface area (Å²) in [7, 11) is 0. The molecule has 15 heavy (non-hydrogen) atoms. The van der Waals surface area contributed by atoms with Crippen LogP contribution in [0.3, 0.4) is 0 Å². The third-order valence-corrected chi connectivity index (χ3v) is 3.83. The van der Waals surface area contributed by atoms with E-state index in [9.17, 15) is 18.0 Å². The Hall–Kier alpha value is -0.740. The van der Waals surface area contributed by atoms with Crippen molar-refractivity contribution in [1.82, 2.24) is 0 Å². The van der Waals surface area contributed by atoms with E-state index < -0.39 is 29.4 Å². The lowest BCUT2D eigenvalue weighted by Crippen LogP contribution is -2.30. The fraction of sp³-hybridized carbons (Fsp3) is 0.900. The monoisotopic (exact) mass is 222 g/mol. The minimum Gasteiger partial charge on any atom is -0.481 e. The van der Waals surface area contributed by atoms with Crippen LogP contribution in [0.1, 0.15) is 32.1 Å². The second-order valence-electron chi connectivity index (χ2n) is 4.79. The molecule has 2 aliphatic rings. The van der Waals surface area contributed by atoms with Crippen LogP contribution in [0.15, 0.2) is 0 Å². The van der Waals surface area contributed by atoms with Gasteiger partial charge in [-0.3, -0.25) is 4.79 Å². The molecule has 0 aromatic carbocycles. The zero-order chi connectivity index (χ0) is 11.3. The van der Waals surface area contributed by atoms with Crippen molar-refractivity contribution in [3.63, 3.8) is 0 Å². The molecule has 0 amide bonds. The van der Waals surface area contributed by atoms with Gasteiger partial charge in [0.05, 0.1) is 11.8 Å². The van der Waals surface area contributed by atoms with Crippen molar-refractivity contribution in [3.8, 4) is 0 Å². The van der Waals surface area contributed by atoms with Crippen LogP contribution in [-0.2, 0) is 4.79 Å². The van der Waals surface area contributed by atoms with Crippen molar-refractivity contribution in [2.75, 3.05) is 0 Å². The summed E-state index contributed by atoms with van der Waals surface area (Å²) in [6.45, 7) is 0. The van der Waals surface area contributed by atoms with Gasteiger partial charge in [0.2, 0.25) is 0 Å². The molecular formula is C10H13F3O2. The van der Waals surface area contributed by atoms with E-state index in [1.54, 1.807) is 0 Å². The zero-order valence-corrected chi connectivity index (χ0v) is 8.18. The number of alkyl halides is 3. The molecule has 3 atom stereocenters. The molecule has 2 aliphatic carbocycles. The van der Waals surface area contributed by atoms with Gasteiger partial charge in [-0.2, -0.15) is 13.2 Å². The van der Waals surface area contributed by atoms with Crippen LogP contribution in [0.4, 0.5) is 13.2 Å². The quantitative estimate of drug-likeness (QED) is 0.740. The molecule has 86 valence electrons. The maximum Gasteiger partial charge on any atom is 0.391 e. The van der Waals surface area contributed by atoms with Crippen LogP contribution in [0.5, 0.6) is 0 Å². The van der Waals surface area contributed by atoms with Crippen LogP contribution in [-0.4, -0.2) is 17.3 Å². The fourth-order valence-electron chi connectivity index (χ4n) is 2.87. The number of hydrogen-bond donors (Lipinski definition) is 1. The number of halogens is 3. The summed E-state index contributed by atoms with van der Waals surface area (Å²) in [5, 5.41) is 8.78. The second-order valence-corrected chi connectivity index (χ2v) is 4.79. The van der Waals surface area contributed by atoms with Gasteiger partial charge in [0, 0.05) is 0 Å². The van der Waals surface area contributed by atoms with Crippen LogP contribution in [0.25, 0.3) is 0 Å². The predicted octanol–water partition coefficient (Wildman–Crippen LogP) is 2.83. The molecule has 3 unspecified atom stereocenters. The van der Waals surface area contributed by atoms with Gasteiger partial charge >= 0.3 is 12.1 Å². The first-order chi connectivity index (χ1) is 6.85. The zero-order valence-electron chi connectivity index (χ0n) is 8.18. The molecule has 0 aromatic rings. The Balaban J connectivity index is 2.04. The highest BCUT2D eigenvalue weighted by atomic mass is 19.4. The molecule has 2 fully saturated rings. The number of carboxylic acids is 1. The van der Waals surface area contributed by atoms with Gasteiger partial charge in [-0.25, -0.2) is 0 Å². The van der Waals surface area contributed by atoms with Gasteiger partial charge in [0.25, 0.3) is 0 Å². The van der Waals surface area contributed by atoms with Gasteiger partial charge in [0.1, 0.15) is 0 Å². The maximum absolute atomic E-state index is 12.5. The highest BCUT2D eigenvalue weighted by Crippen LogP contribution is 2.64. The van der Waals surface area contributed by atoms with E-state index in [2.05, 4.69) is 0 Å². The van der Waals surface area contributed by atoms with Crippen LogP contribution in [0, 0.1) is 17.3 Å². The number of aliphatic carboxylic acids is 1. The Labute approximate surface area is 85.5 Å². The van der Waals surface area contributed by atoms with Crippen LogP contribution >= 0.6 is 0 Å². The average Bonchev–Trinajstić information content (AvgIpc) is 2.78. The number of carboxylic acid groups (broad SMARTS) is 1. The Kier molecular flexibility index (Phi) is 2.24. The van der Waals surface area contributed by atoms with Crippen molar-refractivity contribution < 1.29 is 23.1 Å². The minimum absolute atomic E-state index is 0.0213. The van der Waals surface area contributed by atoms with E-state index >= 15 is 0 Å². The summed E-state index contributed by atoms with van der Waals surface area (Å²) in [4.78, 5) is 10.7. The van der Waals surface area contributed by atoms with Crippen molar-refractivity contribution >= 4 is 5.97 Å².